The number of amides is 1. The first-order valence-electron chi connectivity index (χ1n) is 9.05. The number of anilines is 1. The molecule has 0 radical (unpaired) electrons. The summed E-state index contributed by atoms with van der Waals surface area (Å²) < 4.78 is 5.41. The minimum Gasteiger partial charge on any atom is -0.378 e. The van der Waals surface area contributed by atoms with Gasteiger partial charge in [0.1, 0.15) is 5.69 Å². The molecule has 6 nitrogen and oxygen atoms in total. The van der Waals surface area contributed by atoms with E-state index in [2.05, 4.69) is 35.6 Å². The van der Waals surface area contributed by atoms with Crippen LogP contribution in [0, 0.1) is 5.92 Å². The van der Waals surface area contributed by atoms with Crippen LogP contribution >= 0.6 is 0 Å². The Bertz CT molecular complexity index is 584. The molecule has 0 spiro atoms. The predicted octanol–water partition coefficient (Wildman–Crippen LogP) is 2.31. The molecule has 1 aromatic rings. The van der Waals surface area contributed by atoms with Crippen LogP contribution in [0.1, 0.15) is 55.7 Å². The van der Waals surface area contributed by atoms with Crippen LogP contribution in [0.15, 0.2) is 6.07 Å². The second-order valence-electron chi connectivity index (χ2n) is 7.23. The van der Waals surface area contributed by atoms with Gasteiger partial charge in [-0.2, -0.15) is 0 Å². The molecule has 0 aromatic carbocycles. The zero-order chi connectivity index (χ0) is 17.1. The fraction of sp³-hybridized carbons (Fsp3) is 0.722. The van der Waals surface area contributed by atoms with Crippen LogP contribution in [0.25, 0.3) is 0 Å². The molecule has 1 aromatic heterocycles. The minimum absolute atomic E-state index is 0.0420. The first kappa shape index (κ1) is 17.1. The third-order valence-corrected chi connectivity index (χ3v) is 4.78. The number of piperidine rings is 1. The van der Waals surface area contributed by atoms with E-state index in [1.54, 1.807) is 0 Å². The van der Waals surface area contributed by atoms with Gasteiger partial charge in [-0.1, -0.05) is 20.8 Å². The highest BCUT2D eigenvalue weighted by molar-refractivity contribution is 5.92. The molecular formula is C18H28N4O2. The number of rotatable bonds is 3. The lowest BCUT2D eigenvalue weighted by atomic mass is 10.00. The van der Waals surface area contributed by atoms with E-state index in [-0.39, 0.29) is 11.8 Å². The van der Waals surface area contributed by atoms with Gasteiger partial charge >= 0.3 is 0 Å². The highest BCUT2D eigenvalue weighted by atomic mass is 16.5. The van der Waals surface area contributed by atoms with Crippen LogP contribution < -0.4 is 4.90 Å². The highest BCUT2D eigenvalue weighted by Crippen LogP contribution is 2.21. The normalized spacial score (nSPS) is 22.1. The quantitative estimate of drug-likeness (QED) is 0.850. The van der Waals surface area contributed by atoms with Crippen molar-refractivity contribution in [2.75, 3.05) is 44.3 Å². The lowest BCUT2D eigenvalue weighted by Gasteiger charge is -2.31. The topological polar surface area (TPSA) is 58.6 Å². The molecule has 0 aliphatic carbocycles. The Kier molecular flexibility index (Phi) is 5.33. The zero-order valence-corrected chi connectivity index (χ0v) is 15.0. The summed E-state index contributed by atoms with van der Waals surface area (Å²) in [6, 6.07) is 1.87. The Balaban J connectivity index is 1.88. The molecule has 2 fully saturated rings. The molecule has 3 rings (SSSR count). The average molecular weight is 332 g/mol. The van der Waals surface area contributed by atoms with Crippen molar-refractivity contribution in [1.29, 1.82) is 0 Å². The maximum Gasteiger partial charge on any atom is 0.272 e. The van der Waals surface area contributed by atoms with Gasteiger partial charge in [-0.15, -0.1) is 0 Å². The standard InChI is InChI=1S/C18H28N4O2/c1-13(2)15-11-16(17(23)22-6-4-5-14(3)12-22)20-18(19-15)21-7-9-24-10-8-21/h11,13-14H,4-10,12H2,1-3H3/t14-/m1/s1. The number of nitrogens with zero attached hydrogens (tertiary/aromatic N) is 4. The molecule has 0 N–H and O–H groups in total. The molecule has 0 unspecified atom stereocenters. The van der Waals surface area contributed by atoms with Crippen LogP contribution in [-0.4, -0.2) is 60.2 Å². The van der Waals surface area contributed by atoms with Gasteiger partial charge in [0.2, 0.25) is 5.95 Å². The molecule has 6 heteroatoms. The van der Waals surface area contributed by atoms with Gasteiger partial charge in [-0.3, -0.25) is 4.79 Å². The van der Waals surface area contributed by atoms with E-state index in [1.807, 2.05) is 11.0 Å². The summed E-state index contributed by atoms with van der Waals surface area (Å²) in [5.41, 5.74) is 1.46. The monoisotopic (exact) mass is 332 g/mol. The van der Waals surface area contributed by atoms with Crippen molar-refractivity contribution < 1.29 is 9.53 Å². The van der Waals surface area contributed by atoms with E-state index < -0.39 is 0 Å². The van der Waals surface area contributed by atoms with Crippen LogP contribution in [0.3, 0.4) is 0 Å². The number of aromatic nitrogens is 2. The summed E-state index contributed by atoms with van der Waals surface area (Å²) in [5, 5.41) is 0. The number of likely N-dealkylation sites (tertiary alicyclic amines) is 1. The molecule has 2 saturated heterocycles. The molecule has 24 heavy (non-hydrogen) atoms. The highest BCUT2D eigenvalue weighted by Gasteiger charge is 2.25. The van der Waals surface area contributed by atoms with E-state index in [9.17, 15) is 4.79 Å². The number of carbonyl (C=O) groups is 1. The van der Waals surface area contributed by atoms with E-state index in [1.165, 1.54) is 6.42 Å². The number of carbonyl (C=O) groups excluding carboxylic acids is 1. The van der Waals surface area contributed by atoms with Crippen molar-refractivity contribution >= 4 is 11.9 Å². The molecule has 0 saturated carbocycles. The molecule has 1 atom stereocenters. The Morgan fingerprint density at radius 3 is 2.67 bits per heavy atom. The van der Waals surface area contributed by atoms with Gasteiger partial charge in [-0.25, -0.2) is 9.97 Å². The van der Waals surface area contributed by atoms with Gasteiger partial charge in [0.05, 0.1) is 13.2 Å². The SMILES string of the molecule is CC(C)c1cc(C(=O)N2CCC[C@@H](C)C2)nc(N2CCOCC2)n1. The maximum absolute atomic E-state index is 12.9. The molecule has 1 amide bonds. The molecular weight excluding hydrogens is 304 g/mol. The second kappa shape index (κ2) is 7.47. The second-order valence-corrected chi connectivity index (χ2v) is 7.23. The Labute approximate surface area is 144 Å². The number of morpholine rings is 1. The summed E-state index contributed by atoms with van der Waals surface area (Å²) >= 11 is 0. The van der Waals surface area contributed by atoms with Crippen molar-refractivity contribution in [2.24, 2.45) is 5.92 Å². The lowest BCUT2D eigenvalue weighted by molar-refractivity contribution is 0.0676. The van der Waals surface area contributed by atoms with Crippen molar-refractivity contribution in [1.82, 2.24) is 14.9 Å². The van der Waals surface area contributed by atoms with Gasteiger partial charge < -0.3 is 14.5 Å². The number of hydrogen-bond donors (Lipinski definition) is 0. The summed E-state index contributed by atoms with van der Waals surface area (Å²) in [4.78, 5) is 26.3. The first-order chi connectivity index (χ1) is 11.5. The van der Waals surface area contributed by atoms with Crippen LogP contribution in [-0.2, 0) is 4.74 Å². The van der Waals surface area contributed by atoms with Crippen LogP contribution in [0.4, 0.5) is 5.95 Å². The Morgan fingerprint density at radius 2 is 2.00 bits per heavy atom. The van der Waals surface area contributed by atoms with Crippen LogP contribution in [0.2, 0.25) is 0 Å². The minimum atomic E-state index is 0.0420. The zero-order valence-electron chi connectivity index (χ0n) is 15.0. The fourth-order valence-electron chi connectivity index (χ4n) is 3.30. The smallest absolute Gasteiger partial charge is 0.272 e. The Hall–Kier alpha value is -1.69. The third kappa shape index (κ3) is 3.86. The molecule has 0 bridgehead atoms. The van der Waals surface area contributed by atoms with E-state index in [0.29, 0.717) is 30.8 Å². The van der Waals surface area contributed by atoms with Gasteiger partial charge in [-0.05, 0) is 30.7 Å². The Morgan fingerprint density at radius 1 is 1.25 bits per heavy atom. The van der Waals surface area contributed by atoms with Crippen molar-refractivity contribution in [2.45, 2.75) is 39.5 Å². The van der Waals surface area contributed by atoms with Crippen molar-refractivity contribution in [3.63, 3.8) is 0 Å². The third-order valence-electron chi connectivity index (χ3n) is 4.78. The molecule has 2 aliphatic heterocycles. The maximum atomic E-state index is 12.9. The number of hydrogen-bond acceptors (Lipinski definition) is 5. The largest absolute Gasteiger partial charge is 0.378 e. The molecule has 3 heterocycles. The number of ether oxygens (including phenoxy) is 1. The molecule has 2 aliphatic rings. The van der Waals surface area contributed by atoms with Gasteiger partial charge in [0.25, 0.3) is 5.91 Å². The van der Waals surface area contributed by atoms with Crippen molar-refractivity contribution in [3.8, 4) is 0 Å². The molecule has 132 valence electrons. The summed E-state index contributed by atoms with van der Waals surface area (Å²) in [6.45, 7) is 11.0. The fourth-order valence-corrected chi connectivity index (χ4v) is 3.30. The summed E-state index contributed by atoms with van der Waals surface area (Å²) in [6.07, 6.45) is 2.27. The summed E-state index contributed by atoms with van der Waals surface area (Å²) in [7, 11) is 0. The first-order valence-corrected chi connectivity index (χ1v) is 9.05. The lowest BCUT2D eigenvalue weighted by Crippen LogP contribution is -2.40. The van der Waals surface area contributed by atoms with Crippen molar-refractivity contribution in [3.05, 3.63) is 17.5 Å². The van der Waals surface area contributed by atoms with E-state index >= 15 is 0 Å². The van der Waals surface area contributed by atoms with E-state index in [0.717, 1.165) is 38.3 Å². The van der Waals surface area contributed by atoms with E-state index in [4.69, 9.17) is 4.74 Å². The average Bonchev–Trinajstić information content (AvgIpc) is 2.61. The van der Waals surface area contributed by atoms with Gasteiger partial charge in [0, 0.05) is 31.9 Å². The summed E-state index contributed by atoms with van der Waals surface area (Å²) in [5.74, 6) is 1.53. The predicted molar refractivity (Wildman–Crippen MR) is 93.5 cm³/mol. The van der Waals surface area contributed by atoms with Gasteiger partial charge in [0.15, 0.2) is 0 Å². The van der Waals surface area contributed by atoms with Crippen LogP contribution in [0.5, 0.6) is 0 Å².